The molecule has 4 atom stereocenters. The molecule has 162 valence electrons. The fourth-order valence-corrected chi connectivity index (χ4v) is 3.20. The number of rotatable bonds is 10. The summed E-state index contributed by atoms with van der Waals surface area (Å²) >= 11 is 0. The summed E-state index contributed by atoms with van der Waals surface area (Å²) in [6, 6.07) is 11.7. The second-order valence-electron chi connectivity index (χ2n) is 7.45. The van der Waals surface area contributed by atoms with Gasteiger partial charge in [-0.05, 0) is 36.6 Å². The first-order chi connectivity index (χ1) is 14.3. The molecule has 0 radical (unpaired) electrons. The van der Waals surface area contributed by atoms with Gasteiger partial charge in [0.1, 0.15) is 6.04 Å². The summed E-state index contributed by atoms with van der Waals surface area (Å²) in [5, 5.41) is 17.2. The molecule has 0 spiro atoms. The Morgan fingerprint density at radius 1 is 0.967 bits per heavy atom. The number of nitrogens with two attached hydrogens (primary N) is 2. The van der Waals surface area contributed by atoms with Crippen LogP contribution in [0.3, 0.4) is 0 Å². The predicted molar refractivity (Wildman–Crippen MR) is 115 cm³/mol. The van der Waals surface area contributed by atoms with Crippen molar-refractivity contribution in [1.82, 2.24) is 10.6 Å². The molecule has 0 saturated carbocycles. The van der Waals surface area contributed by atoms with Crippen LogP contribution < -0.4 is 22.1 Å². The summed E-state index contributed by atoms with van der Waals surface area (Å²) in [4.78, 5) is 36.8. The van der Waals surface area contributed by atoms with Crippen molar-refractivity contribution in [3.05, 3.63) is 48.0 Å². The summed E-state index contributed by atoms with van der Waals surface area (Å²) < 4.78 is 0. The van der Waals surface area contributed by atoms with Crippen LogP contribution in [-0.4, -0.2) is 54.0 Å². The summed E-state index contributed by atoms with van der Waals surface area (Å²) in [7, 11) is 0. The predicted octanol–water partition coefficient (Wildman–Crippen LogP) is -0.145. The smallest absolute Gasteiger partial charge is 0.245 e. The Labute approximate surface area is 176 Å². The van der Waals surface area contributed by atoms with E-state index in [2.05, 4.69) is 10.6 Å². The number of ketones is 1. The van der Waals surface area contributed by atoms with E-state index in [1.807, 2.05) is 42.5 Å². The van der Waals surface area contributed by atoms with Crippen LogP contribution in [0.1, 0.15) is 19.4 Å². The fraction of sp³-hybridized carbons (Fsp3) is 0.409. The zero-order valence-corrected chi connectivity index (χ0v) is 17.3. The molecule has 2 aromatic rings. The van der Waals surface area contributed by atoms with E-state index < -0.39 is 35.9 Å². The molecular formula is C22H30N4O4. The van der Waals surface area contributed by atoms with E-state index >= 15 is 0 Å². The first-order valence-electron chi connectivity index (χ1n) is 9.93. The van der Waals surface area contributed by atoms with Gasteiger partial charge in [0.25, 0.3) is 0 Å². The minimum absolute atomic E-state index is 0.0745. The third kappa shape index (κ3) is 6.09. The molecule has 0 bridgehead atoms. The Balaban J connectivity index is 2.09. The van der Waals surface area contributed by atoms with Gasteiger partial charge in [0.05, 0.1) is 18.1 Å². The van der Waals surface area contributed by atoms with Crippen LogP contribution in [-0.2, 0) is 20.8 Å². The van der Waals surface area contributed by atoms with Gasteiger partial charge in [0.2, 0.25) is 11.8 Å². The number of benzene rings is 2. The normalized spacial score (nSPS) is 15.1. The quantitative estimate of drug-likeness (QED) is 0.365. The number of carbonyl (C=O) groups is 3. The minimum Gasteiger partial charge on any atom is -0.391 e. The lowest BCUT2D eigenvalue weighted by molar-refractivity contribution is -0.134. The summed E-state index contributed by atoms with van der Waals surface area (Å²) in [6.07, 6.45) is -0.779. The highest BCUT2D eigenvalue weighted by molar-refractivity contribution is 5.93. The van der Waals surface area contributed by atoms with Gasteiger partial charge in [-0.3, -0.25) is 14.4 Å². The Morgan fingerprint density at radius 3 is 2.20 bits per heavy atom. The number of carbonyl (C=O) groups excluding carboxylic acids is 3. The highest BCUT2D eigenvalue weighted by atomic mass is 16.3. The number of aliphatic hydroxyl groups excluding tert-OH is 1. The zero-order valence-electron chi connectivity index (χ0n) is 17.3. The highest BCUT2D eigenvalue weighted by Gasteiger charge is 2.30. The lowest BCUT2D eigenvalue weighted by Crippen LogP contribution is -2.58. The maximum atomic E-state index is 12.8. The number of Topliss-reactive ketones (excluding diaryl/α,β-unsaturated/α-hetero) is 1. The molecule has 2 rings (SSSR count). The average Bonchev–Trinajstić information content (AvgIpc) is 2.73. The number of aliphatic hydroxyl groups is 1. The third-order valence-corrected chi connectivity index (χ3v) is 5.06. The van der Waals surface area contributed by atoms with Crippen molar-refractivity contribution in [3.8, 4) is 0 Å². The Kier molecular flexibility index (Phi) is 8.46. The molecule has 0 aromatic heterocycles. The van der Waals surface area contributed by atoms with E-state index in [9.17, 15) is 19.5 Å². The van der Waals surface area contributed by atoms with Crippen molar-refractivity contribution in [2.45, 2.75) is 38.5 Å². The van der Waals surface area contributed by atoms with Gasteiger partial charge >= 0.3 is 0 Å². The minimum atomic E-state index is -1.23. The van der Waals surface area contributed by atoms with E-state index in [1.54, 1.807) is 0 Å². The van der Waals surface area contributed by atoms with E-state index in [1.165, 1.54) is 13.8 Å². The molecule has 7 N–H and O–H groups in total. The van der Waals surface area contributed by atoms with E-state index in [0.29, 0.717) is 6.42 Å². The molecule has 0 saturated heterocycles. The lowest BCUT2D eigenvalue weighted by Gasteiger charge is -2.25. The van der Waals surface area contributed by atoms with E-state index in [0.717, 1.165) is 16.3 Å². The second kappa shape index (κ2) is 10.8. The Hall–Kier alpha value is -2.81. The molecule has 0 heterocycles. The molecule has 2 amide bonds. The summed E-state index contributed by atoms with van der Waals surface area (Å²) in [6.45, 7) is 2.69. The van der Waals surface area contributed by atoms with Crippen molar-refractivity contribution in [2.75, 3.05) is 13.1 Å². The van der Waals surface area contributed by atoms with Gasteiger partial charge in [-0.15, -0.1) is 0 Å². The van der Waals surface area contributed by atoms with Crippen molar-refractivity contribution in [3.63, 3.8) is 0 Å². The molecule has 2 aromatic carbocycles. The lowest BCUT2D eigenvalue weighted by atomic mass is 9.96. The van der Waals surface area contributed by atoms with Crippen LogP contribution in [0.15, 0.2) is 42.5 Å². The molecular weight excluding hydrogens is 384 g/mol. The average molecular weight is 415 g/mol. The molecule has 1 unspecified atom stereocenters. The van der Waals surface area contributed by atoms with Crippen LogP contribution in [0.5, 0.6) is 0 Å². The number of hydrogen-bond donors (Lipinski definition) is 5. The third-order valence-electron chi connectivity index (χ3n) is 5.06. The van der Waals surface area contributed by atoms with Gasteiger partial charge in [0.15, 0.2) is 5.78 Å². The van der Waals surface area contributed by atoms with E-state index in [-0.39, 0.29) is 18.9 Å². The number of hydrogen-bond acceptors (Lipinski definition) is 6. The summed E-state index contributed by atoms with van der Waals surface area (Å²) in [5.74, 6) is -2.01. The molecule has 8 heteroatoms. The summed E-state index contributed by atoms with van der Waals surface area (Å²) in [5.41, 5.74) is 12.3. The Morgan fingerprint density at radius 2 is 1.63 bits per heavy atom. The van der Waals surface area contributed by atoms with Crippen molar-refractivity contribution in [2.24, 2.45) is 17.4 Å². The molecule has 0 aliphatic rings. The molecule has 0 aliphatic heterocycles. The first-order valence-corrected chi connectivity index (χ1v) is 9.93. The van der Waals surface area contributed by atoms with Gasteiger partial charge in [-0.25, -0.2) is 0 Å². The van der Waals surface area contributed by atoms with Crippen LogP contribution >= 0.6 is 0 Å². The molecule has 30 heavy (non-hydrogen) atoms. The molecule has 8 nitrogen and oxygen atoms in total. The van der Waals surface area contributed by atoms with Gasteiger partial charge in [-0.1, -0.05) is 42.5 Å². The largest absolute Gasteiger partial charge is 0.391 e. The number of fused-ring (bicyclic) bond motifs is 1. The van der Waals surface area contributed by atoms with Crippen molar-refractivity contribution < 1.29 is 19.5 Å². The van der Waals surface area contributed by atoms with Crippen LogP contribution in [0, 0.1) is 5.92 Å². The van der Waals surface area contributed by atoms with Gasteiger partial charge in [0, 0.05) is 13.1 Å². The van der Waals surface area contributed by atoms with E-state index in [4.69, 9.17) is 11.5 Å². The van der Waals surface area contributed by atoms with Crippen molar-refractivity contribution >= 4 is 28.4 Å². The first kappa shape index (κ1) is 23.5. The van der Waals surface area contributed by atoms with Crippen LogP contribution in [0.4, 0.5) is 0 Å². The molecule has 0 fully saturated rings. The second-order valence-corrected chi connectivity index (χ2v) is 7.45. The maximum absolute atomic E-state index is 12.8. The van der Waals surface area contributed by atoms with Crippen LogP contribution in [0.2, 0.25) is 0 Å². The highest BCUT2D eigenvalue weighted by Crippen LogP contribution is 2.18. The zero-order chi connectivity index (χ0) is 22.3. The number of nitrogens with one attached hydrogen (secondary N) is 2. The Bertz CT molecular complexity index is 900. The number of amides is 2. The monoisotopic (exact) mass is 414 g/mol. The van der Waals surface area contributed by atoms with Gasteiger partial charge in [-0.2, -0.15) is 0 Å². The topological polar surface area (TPSA) is 148 Å². The van der Waals surface area contributed by atoms with Crippen LogP contribution in [0.25, 0.3) is 10.8 Å². The SMILES string of the molecule is CC(=O)[C@H](CN)NC(=O)[C@@H](NC(=O)C(CN)Cc1ccc2ccccc2c1)[C@H](C)O. The molecule has 0 aliphatic carbocycles. The fourth-order valence-electron chi connectivity index (χ4n) is 3.20. The van der Waals surface area contributed by atoms with Crippen molar-refractivity contribution in [1.29, 1.82) is 0 Å². The standard InChI is InChI=1S/C22H30N4O4/c1-13(27)19(12-24)25-22(30)20(14(2)28)26-21(29)18(11-23)10-15-7-8-16-5-3-4-6-17(16)9-15/h3-9,14,18-20,28H,10-12,23-24H2,1-2H3,(H,25,30)(H,26,29)/t14-,18?,19-,20-/m0/s1. The van der Waals surface area contributed by atoms with Gasteiger partial charge < -0.3 is 27.2 Å². The maximum Gasteiger partial charge on any atom is 0.245 e.